The van der Waals surface area contributed by atoms with E-state index in [1.165, 1.54) is 23.8 Å². The molecule has 0 saturated carbocycles. The fraction of sp³-hybridized carbons (Fsp3) is 0.286. The van der Waals surface area contributed by atoms with Crippen LogP contribution in [0.3, 0.4) is 0 Å². The molecule has 0 fully saturated rings. The Morgan fingerprint density at radius 1 is 1.19 bits per heavy atom. The Balaban J connectivity index is 1.86. The first-order valence-corrected chi connectivity index (χ1v) is 10.2. The van der Waals surface area contributed by atoms with Gasteiger partial charge in [0, 0.05) is 0 Å². The largest absolute Gasteiger partial charge is 0.481 e. The summed E-state index contributed by atoms with van der Waals surface area (Å²) in [6.45, 7) is 5.06. The van der Waals surface area contributed by atoms with E-state index in [4.69, 9.17) is 23.2 Å². The normalized spacial score (nSPS) is 20.3. The summed E-state index contributed by atoms with van der Waals surface area (Å²) in [5.74, 6) is -4.52. The fourth-order valence-corrected chi connectivity index (χ4v) is 3.80. The van der Waals surface area contributed by atoms with E-state index in [0.29, 0.717) is 22.3 Å². The van der Waals surface area contributed by atoms with E-state index < -0.39 is 29.3 Å². The van der Waals surface area contributed by atoms with E-state index in [-0.39, 0.29) is 16.8 Å². The monoisotopic (exact) mass is 478 g/mol. The van der Waals surface area contributed by atoms with Gasteiger partial charge in [0.1, 0.15) is 5.92 Å². The standard InChI is InChI=1S/C21H20Cl2N4O5/c1-10-16(20(31)32)13(19(29)30)6-7-21(10,3)24-18(28)17-11(2)27(26-25-17)9-12-4-5-14(22)15(23)8-12/h4-8,13H,9H2,1-3H3,(H,24,28)(H,29,30)(H,31,32). The summed E-state index contributed by atoms with van der Waals surface area (Å²) < 4.78 is 1.53. The highest BCUT2D eigenvalue weighted by molar-refractivity contribution is 6.42. The van der Waals surface area contributed by atoms with Gasteiger partial charge in [-0.15, -0.1) is 5.10 Å². The van der Waals surface area contributed by atoms with Gasteiger partial charge in [-0.25, -0.2) is 9.48 Å². The van der Waals surface area contributed by atoms with Gasteiger partial charge in [-0.3, -0.25) is 9.59 Å². The highest BCUT2D eigenvalue weighted by Gasteiger charge is 2.39. The molecule has 168 valence electrons. The summed E-state index contributed by atoms with van der Waals surface area (Å²) in [7, 11) is 0. The van der Waals surface area contributed by atoms with Crippen LogP contribution >= 0.6 is 23.2 Å². The Bertz CT molecular complexity index is 1190. The number of carbonyl (C=O) groups excluding carboxylic acids is 1. The van der Waals surface area contributed by atoms with E-state index >= 15 is 0 Å². The maximum Gasteiger partial charge on any atom is 0.332 e. The predicted octanol–water partition coefficient (Wildman–Crippen LogP) is 3.10. The minimum absolute atomic E-state index is 0.0599. The summed E-state index contributed by atoms with van der Waals surface area (Å²) in [6, 6.07) is 5.14. The maximum absolute atomic E-state index is 13.0. The third-order valence-electron chi connectivity index (χ3n) is 5.50. The quantitative estimate of drug-likeness (QED) is 0.542. The number of hydrogen-bond acceptors (Lipinski definition) is 5. The van der Waals surface area contributed by atoms with Crippen molar-refractivity contribution >= 4 is 41.0 Å². The lowest BCUT2D eigenvalue weighted by Crippen LogP contribution is -2.48. The molecule has 1 aliphatic carbocycles. The Hall–Kier alpha value is -3.17. The second-order valence-corrected chi connectivity index (χ2v) is 8.42. The average molecular weight is 479 g/mol. The van der Waals surface area contributed by atoms with Gasteiger partial charge in [0.2, 0.25) is 0 Å². The molecule has 2 atom stereocenters. The molecule has 1 aromatic heterocycles. The van der Waals surface area contributed by atoms with Crippen molar-refractivity contribution in [1.82, 2.24) is 20.3 Å². The number of nitrogens with one attached hydrogen (secondary N) is 1. The van der Waals surface area contributed by atoms with E-state index in [0.717, 1.165) is 5.56 Å². The first-order chi connectivity index (χ1) is 14.9. The number of aliphatic carboxylic acids is 2. The van der Waals surface area contributed by atoms with Crippen molar-refractivity contribution in [3.63, 3.8) is 0 Å². The van der Waals surface area contributed by atoms with Crippen molar-refractivity contribution in [3.8, 4) is 0 Å². The van der Waals surface area contributed by atoms with E-state index in [1.54, 1.807) is 32.0 Å². The lowest BCUT2D eigenvalue weighted by Gasteiger charge is -2.34. The number of hydrogen-bond donors (Lipinski definition) is 3. The van der Waals surface area contributed by atoms with E-state index in [2.05, 4.69) is 15.6 Å². The molecule has 0 bridgehead atoms. The highest BCUT2D eigenvalue weighted by Crippen LogP contribution is 2.33. The first-order valence-electron chi connectivity index (χ1n) is 9.48. The molecular formula is C21H20Cl2N4O5. The van der Waals surface area contributed by atoms with Crippen LogP contribution < -0.4 is 5.32 Å². The second kappa shape index (κ2) is 8.76. The van der Waals surface area contributed by atoms with Crippen LogP contribution in [-0.2, 0) is 16.1 Å². The second-order valence-electron chi connectivity index (χ2n) is 7.60. The lowest BCUT2D eigenvalue weighted by atomic mass is 9.78. The smallest absolute Gasteiger partial charge is 0.332 e. The zero-order valence-corrected chi connectivity index (χ0v) is 18.9. The summed E-state index contributed by atoms with van der Waals surface area (Å²) >= 11 is 12.0. The van der Waals surface area contributed by atoms with Gasteiger partial charge in [-0.05, 0) is 44.0 Å². The number of halogens is 2. The van der Waals surface area contributed by atoms with Crippen LogP contribution in [0.4, 0.5) is 0 Å². The highest BCUT2D eigenvalue weighted by atomic mass is 35.5. The Morgan fingerprint density at radius 2 is 1.88 bits per heavy atom. The van der Waals surface area contributed by atoms with Crippen molar-refractivity contribution in [1.29, 1.82) is 0 Å². The Labute approximate surface area is 193 Å². The molecule has 2 aromatic rings. The van der Waals surface area contributed by atoms with Gasteiger partial charge in [0.25, 0.3) is 5.91 Å². The topological polar surface area (TPSA) is 134 Å². The molecule has 1 heterocycles. The SMILES string of the molecule is CC1=C(C(=O)O)C(C(=O)O)C=CC1(C)NC(=O)c1nnn(Cc2ccc(Cl)c(Cl)c2)c1C. The average Bonchev–Trinajstić information content (AvgIpc) is 3.06. The van der Waals surface area contributed by atoms with Crippen molar-refractivity contribution in [3.05, 3.63) is 68.5 Å². The van der Waals surface area contributed by atoms with Gasteiger partial charge in [-0.2, -0.15) is 0 Å². The Morgan fingerprint density at radius 3 is 2.47 bits per heavy atom. The summed E-state index contributed by atoms with van der Waals surface area (Å²) in [5, 5.41) is 30.4. The number of aromatic nitrogens is 3. The minimum Gasteiger partial charge on any atom is -0.481 e. The fourth-order valence-electron chi connectivity index (χ4n) is 3.48. The number of carboxylic acids is 2. The van der Waals surface area contributed by atoms with Crippen molar-refractivity contribution in [2.24, 2.45) is 5.92 Å². The first kappa shape index (κ1) is 23.5. The molecule has 2 unspecified atom stereocenters. The lowest BCUT2D eigenvalue weighted by molar-refractivity contribution is -0.142. The molecule has 0 spiro atoms. The molecule has 3 N–H and O–H groups in total. The van der Waals surface area contributed by atoms with Crippen LogP contribution in [0.5, 0.6) is 0 Å². The molecular weight excluding hydrogens is 459 g/mol. The van der Waals surface area contributed by atoms with Gasteiger partial charge < -0.3 is 15.5 Å². The summed E-state index contributed by atoms with van der Waals surface area (Å²) in [5.41, 5.74) is 0.0737. The van der Waals surface area contributed by atoms with Crippen molar-refractivity contribution in [2.45, 2.75) is 32.9 Å². The van der Waals surface area contributed by atoms with Crippen molar-refractivity contribution < 1.29 is 24.6 Å². The summed E-state index contributed by atoms with van der Waals surface area (Å²) in [4.78, 5) is 36.1. The molecule has 1 aliphatic rings. The van der Waals surface area contributed by atoms with Crippen molar-refractivity contribution in [2.75, 3.05) is 0 Å². The third kappa shape index (κ3) is 4.39. The molecule has 0 radical (unpaired) electrons. The molecule has 0 aliphatic heterocycles. The van der Waals surface area contributed by atoms with Crippen LogP contribution in [0.2, 0.25) is 10.0 Å². The van der Waals surface area contributed by atoms with Crippen LogP contribution in [0.1, 0.15) is 35.6 Å². The number of carboxylic acid groups (broad SMARTS) is 2. The van der Waals surface area contributed by atoms with Crippen LogP contribution in [-0.4, -0.2) is 48.6 Å². The Kier molecular flexibility index (Phi) is 6.43. The van der Waals surface area contributed by atoms with E-state index in [9.17, 15) is 24.6 Å². The number of amides is 1. The van der Waals surface area contributed by atoms with Gasteiger partial charge in [-0.1, -0.05) is 46.6 Å². The van der Waals surface area contributed by atoms with Gasteiger partial charge in [0.05, 0.1) is 33.4 Å². The van der Waals surface area contributed by atoms with Crippen LogP contribution in [0.15, 0.2) is 41.5 Å². The predicted molar refractivity (Wildman–Crippen MR) is 117 cm³/mol. The molecule has 9 nitrogen and oxygen atoms in total. The molecule has 11 heteroatoms. The van der Waals surface area contributed by atoms with Crippen LogP contribution in [0, 0.1) is 12.8 Å². The minimum atomic E-state index is -1.36. The maximum atomic E-state index is 13.0. The zero-order chi connectivity index (χ0) is 23.8. The number of benzene rings is 1. The number of rotatable bonds is 6. The van der Waals surface area contributed by atoms with Gasteiger partial charge in [0.15, 0.2) is 5.69 Å². The molecule has 1 amide bonds. The van der Waals surface area contributed by atoms with Gasteiger partial charge >= 0.3 is 11.9 Å². The molecule has 32 heavy (non-hydrogen) atoms. The summed E-state index contributed by atoms with van der Waals surface area (Å²) in [6.07, 6.45) is 2.73. The van der Waals surface area contributed by atoms with Crippen LogP contribution in [0.25, 0.3) is 0 Å². The molecule has 3 rings (SSSR count). The zero-order valence-electron chi connectivity index (χ0n) is 17.4. The molecule has 1 aromatic carbocycles. The molecule has 0 saturated heterocycles. The number of nitrogens with zero attached hydrogens (tertiary/aromatic N) is 3. The van der Waals surface area contributed by atoms with E-state index in [1.807, 2.05) is 0 Å². The third-order valence-corrected chi connectivity index (χ3v) is 6.24. The number of carbonyl (C=O) groups is 3.